The van der Waals surface area contributed by atoms with E-state index in [0.29, 0.717) is 6.04 Å². The molecule has 24 heavy (non-hydrogen) atoms. The third-order valence-electron chi connectivity index (χ3n) is 5.76. The van der Waals surface area contributed by atoms with Crippen LogP contribution in [0.25, 0.3) is 0 Å². The van der Waals surface area contributed by atoms with Gasteiger partial charge in [0.2, 0.25) is 0 Å². The van der Waals surface area contributed by atoms with Crippen molar-refractivity contribution in [1.82, 2.24) is 4.90 Å². The number of hydrogen-bond acceptors (Lipinski definition) is 1. The summed E-state index contributed by atoms with van der Waals surface area (Å²) < 4.78 is 0. The average molecular weight is 342 g/mol. The number of hydrogen-bond donors (Lipinski definition) is 0. The monoisotopic (exact) mass is 341 g/mol. The number of benzene rings is 2. The highest BCUT2D eigenvalue weighted by molar-refractivity contribution is 5.85. The number of fused-ring (bicyclic) bond motifs is 1. The lowest BCUT2D eigenvalue weighted by atomic mass is 9.99. The summed E-state index contributed by atoms with van der Waals surface area (Å²) in [6.45, 7) is 1.31. The minimum absolute atomic E-state index is 0. The Labute approximate surface area is 152 Å². The predicted molar refractivity (Wildman–Crippen MR) is 104 cm³/mol. The van der Waals surface area contributed by atoms with Crippen molar-refractivity contribution >= 4 is 12.4 Å². The van der Waals surface area contributed by atoms with Gasteiger partial charge >= 0.3 is 0 Å². The van der Waals surface area contributed by atoms with E-state index in [1.807, 2.05) is 0 Å². The quantitative estimate of drug-likeness (QED) is 0.701. The zero-order chi connectivity index (χ0) is 15.5. The zero-order valence-electron chi connectivity index (χ0n) is 14.4. The Morgan fingerprint density at radius 3 is 2.21 bits per heavy atom. The second kappa shape index (κ2) is 8.18. The van der Waals surface area contributed by atoms with Gasteiger partial charge in [-0.05, 0) is 61.8 Å². The summed E-state index contributed by atoms with van der Waals surface area (Å²) in [4.78, 5) is 2.78. The molecule has 128 valence electrons. The summed E-state index contributed by atoms with van der Waals surface area (Å²) in [5.41, 5.74) is 4.44. The average Bonchev–Trinajstić information content (AvgIpc) is 3.05. The van der Waals surface area contributed by atoms with E-state index in [2.05, 4.69) is 59.5 Å². The highest BCUT2D eigenvalue weighted by atomic mass is 35.5. The Morgan fingerprint density at radius 2 is 1.46 bits per heavy atom. The fourth-order valence-electron chi connectivity index (χ4n) is 4.46. The molecule has 0 aromatic heterocycles. The van der Waals surface area contributed by atoms with Gasteiger partial charge in [0, 0.05) is 12.1 Å². The van der Waals surface area contributed by atoms with Crippen LogP contribution in [0.1, 0.15) is 54.8 Å². The summed E-state index contributed by atoms with van der Waals surface area (Å²) >= 11 is 0. The van der Waals surface area contributed by atoms with Gasteiger partial charge in [-0.15, -0.1) is 12.4 Å². The lowest BCUT2D eigenvalue weighted by Gasteiger charge is -2.34. The van der Waals surface area contributed by atoms with Gasteiger partial charge in [0.25, 0.3) is 0 Å². The molecule has 2 heteroatoms. The fourth-order valence-corrected chi connectivity index (χ4v) is 4.46. The van der Waals surface area contributed by atoms with E-state index in [1.165, 1.54) is 55.3 Å². The van der Waals surface area contributed by atoms with E-state index < -0.39 is 0 Å². The Balaban J connectivity index is 0.00000169. The first-order chi connectivity index (χ1) is 11.4. The molecule has 0 spiro atoms. The number of piperidine rings is 1. The highest BCUT2D eigenvalue weighted by Gasteiger charge is 2.35. The van der Waals surface area contributed by atoms with Crippen LogP contribution in [0.4, 0.5) is 0 Å². The maximum atomic E-state index is 2.78. The van der Waals surface area contributed by atoms with Crippen molar-refractivity contribution in [1.29, 1.82) is 0 Å². The first kappa shape index (κ1) is 17.5. The molecular weight excluding hydrogens is 314 g/mol. The van der Waals surface area contributed by atoms with Gasteiger partial charge in [0.1, 0.15) is 0 Å². The van der Waals surface area contributed by atoms with E-state index in [1.54, 1.807) is 0 Å². The third-order valence-corrected chi connectivity index (χ3v) is 5.76. The lowest BCUT2D eigenvalue weighted by Crippen LogP contribution is -2.35. The standard InChI is InChI=1S/C22H27N.ClH/c1-2-6-18(7-3-1)9-10-19-11-13-20(14-12-19)22-16-15-21-8-4-5-17-23(21)22;/h1-3,6-7,11-14,21-22H,4-5,8-10,15-17H2;1H/t21-,22-;/m1./s1. The molecule has 2 fully saturated rings. The van der Waals surface area contributed by atoms with Crippen molar-refractivity contribution in [2.24, 2.45) is 0 Å². The van der Waals surface area contributed by atoms with Crippen LogP contribution < -0.4 is 0 Å². The van der Waals surface area contributed by atoms with Crippen LogP contribution in [0.2, 0.25) is 0 Å². The molecular formula is C22H28ClN. The van der Waals surface area contributed by atoms with Crippen molar-refractivity contribution in [3.63, 3.8) is 0 Å². The van der Waals surface area contributed by atoms with E-state index in [-0.39, 0.29) is 12.4 Å². The first-order valence-electron chi connectivity index (χ1n) is 9.29. The van der Waals surface area contributed by atoms with E-state index in [0.717, 1.165) is 18.9 Å². The molecule has 0 N–H and O–H groups in total. The van der Waals surface area contributed by atoms with Crippen molar-refractivity contribution in [2.75, 3.05) is 6.54 Å². The molecule has 1 nitrogen and oxygen atoms in total. The lowest BCUT2D eigenvalue weighted by molar-refractivity contribution is 0.150. The Morgan fingerprint density at radius 1 is 0.750 bits per heavy atom. The topological polar surface area (TPSA) is 3.24 Å². The van der Waals surface area contributed by atoms with Crippen molar-refractivity contribution in [2.45, 2.75) is 57.0 Å². The summed E-state index contributed by atoms with van der Waals surface area (Å²) in [5.74, 6) is 0. The largest absolute Gasteiger partial charge is 0.293 e. The maximum Gasteiger partial charge on any atom is 0.0351 e. The van der Waals surface area contributed by atoms with Crippen LogP contribution in [0.3, 0.4) is 0 Å². The Kier molecular flexibility index (Phi) is 5.97. The van der Waals surface area contributed by atoms with E-state index >= 15 is 0 Å². The molecule has 0 bridgehead atoms. The van der Waals surface area contributed by atoms with Crippen LogP contribution in [0.15, 0.2) is 54.6 Å². The van der Waals surface area contributed by atoms with Gasteiger partial charge in [0.15, 0.2) is 0 Å². The Hall–Kier alpha value is -1.31. The fraction of sp³-hybridized carbons (Fsp3) is 0.455. The van der Waals surface area contributed by atoms with Crippen molar-refractivity contribution in [3.8, 4) is 0 Å². The normalized spacial score (nSPS) is 23.5. The van der Waals surface area contributed by atoms with Gasteiger partial charge in [0.05, 0.1) is 0 Å². The van der Waals surface area contributed by atoms with Gasteiger partial charge in [-0.25, -0.2) is 0 Å². The van der Waals surface area contributed by atoms with Crippen LogP contribution >= 0.6 is 12.4 Å². The molecule has 4 rings (SSSR count). The number of nitrogens with zero attached hydrogens (tertiary/aromatic N) is 1. The van der Waals surface area contributed by atoms with Crippen LogP contribution in [0.5, 0.6) is 0 Å². The predicted octanol–water partition coefficient (Wildman–Crippen LogP) is 5.58. The molecule has 2 saturated heterocycles. The van der Waals surface area contributed by atoms with E-state index in [9.17, 15) is 0 Å². The number of aryl methyl sites for hydroxylation is 2. The second-order valence-electron chi connectivity index (χ2n) is 7.21. The molecule has 2 atom stereocenters. The molecule has 2 aromatic carbocycles. The van der Waals surface area contributed by atoms with Crippen LogP contribution in [0, 0.1) is 0 Å². The summed E-state index contributed by atoms with van der Waals surface area (Å²) in [6, 6.07) is 21.9. The highest BCUT2D eigenvalue weighted by Crippen LogP contribution is 2.40. The molecule has 2 aromatic rings. The molecule has 0 amide bonds. The summed E-state index contributed by atoms with van der Waals surface area (Å²) in [5, 5.41) is 0. The van der Waals surface area contributed by atoms with Crippen LogP contribution in [-0.2, 0) is 12.8 Å². The smallest absolute Gasteiger partial charge is 0.0351 e. The molecule has 0 aliphatic carbocycles. The summed E-state index contributed by atoms with van der Waals surface area (Å²) in [7, 11) is 0. The van der Waals surface area contributed by atoms with Gasteiger partial charge < -0.3 is 0 Å². The maximum absolute atomic E-state index is 2.78. The minimum Gasteiger partial charge on any atom is -0.293 e. The molecule has 0 unspecified atom stereocenters. The van der Waals surface area contributed by atoms with Gasteiger partial charge in [-0.2, -0.15) is 0 Å². The summed E-state index contributed by atoms with van der Waals surface area (Å²) in [6.07, 6.45) is 9.29. The molecule has 2 aliphatic heterocycles. The van der Waals surface area contributed by atoms with Crippen LogP contribution in [-0.4, -0.2) is 17.5 Å². The van der Waals surface area contributed by atoms with E-state index in [4.69, 9.17) is 0 Å². The molecule has 2 aliphatic rings. The zero-order valence-corrected chi connectivity index (χ0v) is 15.2. The first-order valence-corrected chi connectivity index (χ1v) is 9.29. The molecule has 0 saturated carbocycles. The third kappa shape index (κ3) is 3.84. The van der Waals surface area contributed by atoms with Crippen molar-refractivity contribution in [3.05, 3.63) is 71.3 Å². The molecule has 0 radical (unpaired) electrons. The minimum atomic E-state index is 0. The number of rotatable bonds is 4. The number of halogens is 1. The SMILES string of the molecule is Cl.c1ccc(CCc2ccc([C@H]3CC[C@H]4CCCCN43)cc2)cc1. The second-order valence-corrected chi connectivity index (χ2v) is 7.21. The van der Waals surface area contributed by atoms with Gasteiger partial charge in [-0.3, -0.25) is 4.90 Å². The Bertz CT molecular complexity index is 622. The van der Waals surface area contributed by atoms with Crippen molar-refractivity contribution < 1.29 is 0 Å². The molecule has 2 heterocycles. The van der Waals surface area contributed by atoms with Gasteiger partial charge in [-0.1, -0.05) is 61.0 Å².